The van der Waals surface area contributed by atoms with Crippen molar-refractivity contribution in [1.29, 1.82) is 0 Å². The maximum Gasteiger partial charge on any atom is 0.0462 e. The molecule has 0 aliphatic rings. The van der Waals surface area contributed by atoms with Gasteiger partial charge in [-0.2, -0.15) is 0 Å². The molecular weight excluding hydrogens is 262 g/mol. The first-order valence-electron chi connectivity index (χ1n) is 6.59. The predicted molar refractivity (Wildman–Crippen MR) is 83.7 cm³/mol. The van der Waals surface area contributed by atoms with Crippen molar-refractivity contribution in [2.24, 2.45) is 0 Å². The minimum absolute atomic E-state index is 0.116. The van der Waals surface area contributed by atoms with E-state index in [9.17, 15) is 0 Å². The number of benzene rings is 1. The summed E-state index contributed by atoms with van der Waals surface area (Å²) in [6.45, 7) is 9.58. The molecule has 18 heavy (non-hydrogen) atoms. The number of hydrogen-bond acceptors (Lipinski definition) is 2. The smallest absolute Gasteiger partial charge is 0.0462 e. The second-order valence-electron chi connectivity index (χ2n) is 5.52. The van der Waals surface area contributed by atoms with Gasteiger partial charge in [-0.25, -0.2) is 0 Å². The molecule has 1 nitrogen and oxygen atoms in total. The zero-order chi connectivity index (χ0) is 13.6. The average molecular weight is 286 g/mol. The zero-order valence-corrected chi connectivity index (χ0v) is 13.4. The van der Waals surface area contributed by atoms with Crippen molar-refractivity contribution in [3.05, 3.63) is 28.8 Å². The predicted octanol–water partition coefficient (Wildman–Crippen LogP) is 5.12. The summed E-state index contributed by atoms with van der Waals surface area (Å²) >= 11 is 8.23. The Morgan fingerprint density at radius 2 is 2.00 bits per heavy atom. The Labute approximate surface area is 121 Å². The van der Waals surface area contributed by atoms with Crippen molar-refractivity contribution in [2.75, 3.05) is 5.75 Å². The monoisotopic (exact) mass is 285 g/mol. The normalized spacial score (nSPS) is 11.8. The molecule has 0 fully saturated rings. The highest BCUT2D eigenvalue weighted by Gasteiger charge is 2.12. The molecular formula is C15H24ClNS. The maximum atomic E-state index is 6.32. The lowest BCUT2D eigenvalue weighted by molar-refractivity contribution is 0.422. The molecule has 1 N–H and O–H groups in total. The van der Waals surface area contributed by atoms with Crippen LogP contribution in [0.2, 0.25) is 5.02 Å². The highest BCUT2D eigenvalue weighted by molar-refractivity contribution is 7.99. The number of hydrogen-bond donors (Lipinski definition) is 1. The van der Waals surface area contributed by atoms with E-state index >= 15 is 0 Å². The Kier molecular flexibility index (Phi) is 6.54. The van der Waals surface area contributed by atoms with Crippen LogP contribution >= 0.6 is 23.4 Å². The van der Waals surface area contributed by atoms with Gasteiger partial charge < -0.3 is 5.32 Å². The molecule has 0 saturated heterocycles. The molecule has 1 aromatic rings. The summed E-state index contributed by atoms with van der Waals surface area (Å²) in [4.78, 5) is 1.31. The minimum atomic E-state index is 0.116. The van der Waals surface area contributed by atoms with Gasteiger partial charge in [0.2, 0.25) is 0 Å². The molecule has 0 amide bonds. The fraction of sp³-hybridized carbons (Fsp3) is 0.600. The Balaban J connectivity index is 2.74. The summed E-state index contributed by atoms with van der Waals surface area (Å²) in [6.07, 6.45) is 2.49. The van der Waals surface area contributed by atoms with Crippen LogP contribution in [0.25, 0.3) is 0 Å². The first kappa shape index (κ1) is 15.9. The summed E-state index contributed by atoms with van der Waals surface area (Å²) in [5, 5.41) is 4.38. The Bertz CT molecular complexity index is 371. The van der Waals surface area contributed by atoms with Gasteiger partial charge in [-0.3, -0.25) is 0 Å². The third-order valence-electron chi connectivity index (χ3n) is 2.63. The summed E-state index contributed by atoms with van der Waals surface area (Å²) in [5.41, 5.74) is 1.35. The van der Waals surface area contributed by atoms with Gasteiger partial charge in [-0.05, 0) is 50.6 Å². The molecule has 0 unspecified atom stereocenters. The van der Waals surface area contributed by atoms with Crippen molar-refractivity contribution < 1.29 is 0 Å². The van der Waals surface area contributed by atoms with E-state index in [1.165, 1.54) is 29.1 Å². The van der Waals surface area contributed by atoms with Crippen LogP contribution < -0.4 is 5.32 Å². The van der Waals surface area contributed by atoms with Gasteiger partial charge in [0.1, 0.15) is 0 Å². The Morgan fingerprint density at radius 3 is 2.61 bits per heavy atom. The average Bonchev–Trinajstić information content (AvgIpc) is 2.27. The number of unbranched alkanes of at least 4 members (excludes halogenated alkanes) is 1. The van der Waals surface area contributed by atoms with Crippen molar-refractivity contribution in [3.8, 4) is 0 Å². The van der Waals surface area contributed by atoms with Crippen molar-refractivity contribution in [1.82, 2.24) is 5.32 Å². The lowest BCUT2D eigenvalue weighted by Crippen LogP contribution is -2.35. The van der Waals surface area contributed by atoms with Crippen LogP contribution in [-0.4, -0.2) is 11.3 Å². The molecule has 0 heterocycles. The fourth-order valence-corrected chi connectivity index (χ4v) is 3.01. The molecule has 3 heteroatoms. The molecule has 0 bridgehead atoms. The van der Waals surface area contributed by atoms with Crippen LogP contribution in [0.15, 0.2) is 23.1 Å². The van der Waals surface area contributed by atoms with Gasteiger partial charge >= 0.3 is 0 Å². The van der Waals surface area contributed by atoms with Crippen LogP contribution in [0.4, 0.5) is 0 Å². The third kappa shape index (κ3) is 5.64. The lowest BCUT2D eigenvalue weighted by atomic mass is 10.1. The molecule has 0 spiro atoms. The van der Waals surface area contributed by atoms with Gasteiger partial charge in [0.25, 0.3) is 0 Å². The van der Waals surface area contributed by atoms with E-state index in [1.54, 1.807) is 0 Å². The lowest BCUT2D eigenvalue weighted by Gasteiger charge is -2.22. The first-order chi connectivity index (χ1) is 8.44. The van der Waals surface area contributed by atoms with E-state index in [1.807, 2.05) is 23.9 Å². The third-order valence-corrected chi connectivity index (χ3v) is 4.17. The molecule has 0 aromatic heterocycles. The van der Waals surface area contributed by atoms with E-state index in [0.717, 1.165) is 11.6 Å². The number of thioether (sulfide) groups is 1. The molecule has 102 valence electrons. The van der Waals surface area contributed by atoms with Gasteiger partial charge in [-0.1, -0.05) is 31.0 Å². The Morgan fingerprint density at radius 1 is 1.28 bits per heavy atom. The molecule has 1 rings (SSSR count). The van der Waals surface area contributed by atoms with Crippen molar-refractivity contribution in [2.45, 2.75) is 57.5 Å². The van der Waals surface area contributed by atoms with Crippen LogP contribution in [0.1, 0.15) is 46.1 Å². The van der Waals surface area contributed by atoms with Crippen LogP contribution in [0, 0.1) is 0 Å². The van der Waals surface area contributed by atoms with E-state index in [-0.39, 0.29) is 5.54 Å². The van der Waals surface area contributed by atoms with Crippen molar-refractivity contribution in [3.63, 3.8) is 0 Å². The molecule has 0 saturated carbocycles. The maximum absolute atomic E-state index is 6.32. The molecule has 1 aromatic carbocycles. The summed E-state index contributed by atoms with van der Waals surface area (Å²) < 4.78 is 0. The van der Waals surface area contributed by atoms with E-state index in [2.05, 4.69) is 39.1 Å². The number of nitrogens with one attached hydrogen (secondary N) is 1. The van der Waals surface area contributed by atoms with Gasteiger partial charge in [0.15, 0.2) is 0 Å². The molecule has 0 aliphatic carbocycles. The quantitative estimate of drug-likeness (QED) is 0.575. The molecule has 0 aliphatic heterocycles. The van der Waals surface area contributed by atoms with Crippen LogP contribution in [0.5, 0.6) is 0 Å². The summed E-state index contributed by atoms with van der Waals surface area (Å²) in [6, 6.07) is 6.19. The minimum Gasteiger partial charge on any atom is -0.308 e. The fourth-order valence-electron chi connectivity index (χ4n) is 1.53. The van der Waals surface area contributed by atoms with E-state index < -0.39 is 0 Å². The first-order valence-corrected chi connectivity index (χ1v) is 7.95. The van der Waals surface area contributed by atoms with Crippen LogP contribution in [-0.2, 0) is 6.54 Å². The largest absolute Gasteiger partial charge is 0.308 e. The second kappa shape index (κ2) is 7.42. The van der Waals surface area contributed by atoms with E-state index in [0.29, 0.717) is 0 Å². The second-order valence-corrected chi connectivity index (χ2v) is 7.07. The summed E-state index contributed by atoms with van der Waals surface area (Å²) in [5.74, 6) is 1.17. The van der Waals surface area contributed by atoms with Crippen LogP contribution in [0.3, 0.4) is 0 Å². The standard InChI is InChI=1S/C15H24ClNS/c1-5-6-10-18-14-9-7-8-13(16)12(14)11-17-15(2,3)4/h7-9,17H,5-6,10-11H2,1-4H3. The van der Waals surface area contributed by atoms with E-state index in [4.69, 9.17) is 11.6 Å². The highest BCUT2D eigenvalue weighted by atomic mass is 35.5. The van der Waals surface area contributed by atoms with Gasteiger partial charge in [-0.15, -0.1) is 11.8 Å². The molecule has 0 atom stereocenters. The number of rotatable bonds is 6. The zero-order valence-electron chi connectivity index (χ0n) is 11.8. The van der Waals surface area contributed by atoms with Gasteiger partial charge in [0.05, 0.1) is 0 Å². The number of halogens is 1. The molecule has 0 radical (unpaired) electrons. The summed E-state index contributed by atoms with van der Waals surface area (Å²) in [7, 11) is 0. The topological polar surface area (TPSA) is 12.0 Å². The van der Waals surface area contributed by atoms with Crippen molar-refractivity contribution >= 4 is 23.4 Å². The Hall–Kier alpha value is -0.180. The SMILES string of the molecule is CCCCSc1cccc(Cl)c1CNC(C)(C)C. The van der Waals surface area contributed by atoms with Gasteiger partial charge in [0, 0.05) is 22.0 Å². The highest BCUT2D eigenvalue weighted by Crippen LogP contribution is 2.29.